The summed E-state index contributed by atoms with van der Waals surface area (Å²) in [5.41, 5.74) is 2.21. The van der Waals surface area contributed by atoms with Crippen molar-refractivity contribution in [2.75, 3.05) is 0 Å². The number of benzene rings is 3. The highest BCUT2D eigenvalue weighted by molar-refractivity contribution is 14.1. The normalized spacial score (nSPS) is 10.7. The van der Waals surface area contributed by atoms with E-state index in [1.165, 1.54) is 10.8 Å². The Balaban J connectivity index is 2.13. The van der Waals surface area contributed by atoms with Crippen LogP contribution in [0.15, 0.2) is 60.7 Å². The highest BCUT2D eigenvalue weighted by Gasteiger charge is 2.10. The zero-order valence-corrected chi connectivity index (χ0v) is 12.6. The van der Waals surface area contributed by atoms with Gasteiger partial charge in [-0.05, 0) is 56.6 Å². The van der Waals surface area contributed by atoms with E-state index in [0.29, 0.717) is 0 Å². The quantitative estimate of drug-likeness (QED) is 0.359. The van der Waals surface area contributed by atoms with Crippen molar-refractivity contribution in [2.45, 2.75) is 0 Å². The summed E-state index contributed by atoms with van der Waals surface area (Å²) in [4.78, 5) is 10.4. The van der Waals surface area contributed by atoms with Gasteiger partial charge >= 0.3 is 0 Å². The third kappa shape index (κ3) is 2.38. The molecule has 98 valence electrons. The van der Waals surface area contributed by atoms with Gasteiger partial charge in [-0.3, -0.25) is 10.1 Å². The van der Waals surface area contributed by atoms with Gasteiger partial charge in [0.05, 0.1) is 4.92 Å². The van der Waals surface area contributed by atoms with Gasteiger partial charge < -0.3 is 0 Å². The molecule has 3 rings (SSSR count). The van der Waals surface area contributed by atoms with Gasteiger partial charge in [0.1, 0.15) is 0 Å². The van der Waals surface area contributed by atoms with Gasteiger partial charge in [0.2, 0.25) is 0 Å². The maximum absolute atomic E-state index is 10.8. The van der Waals surface area contributed by atoms with Crippen molar-refractivity contribution in [3.8, 4) is 11.1 Å². The average Bonchev–Trinajstić information content (AvgIpc) is 2.46. The SMILES string of the molecule is O=[N+]([O-])c1ccc(-c2ccc3ccccc3c2)c(I)c1. The Morgan fingerprint density at radius 3 is 2.35 bits per heavy atom. The third-order valence-corrected chi connectivity index (χ3v) is 4.12. The van der Waals surface area contributed by atoms with Gasteiger partial charge in [-0.2, -0.15) is 0 Å². The fraction of sp³-hybridized carbons (Fsp3) is 0. The lowest BCUT2D eigenvalue weighted by molar-refractivity contribution is -0.384. The topological polar surface area (TPSA) is 43.1 Å². The Labute approximate surface area is 129 Å². The van der Waals surface area contributed by atoms with Crippen LogP contribution in [-0.2, 0) is 0 Å². The molecule has 0 aliphatic heterocycles. The van der Waals surface area contributed by atoms with Crippen LogP contribution in [0.2, 0.25) is 0 Å². The van der Waals surface area contributed by atoms with Crippen molar-refractivity contribution >= 4 is 39.1 Å². The molecule has 0 saturated heterocycles. The maximum Gasteiger partial charge on any atom is 0.270 e. The first-order valence-corrected chi connectivity index (χ1v) is 7.16. The average molecular weight is 375 g/mol. The predicted molar refractivity (Wildman–Crippen MR) is 88.8 cm³/mol. The summed E-state index contributed by atoms with van der Waals surface area (Å²) in [6.07, 6.45) is 0. The van der Waals surface area contributed by atoms with E-state index in [1.807, 2.05) is 24.3 Å². The first-order chi connectivity index (χ1) is 9.65. The molecule has 0 bridgehead atoms. The lowest BCUT2D eigenvalue weighted by atomic mass is 10.0. The number of halogens is 1. The molecule has 0 aliphatic rings. The summed E-state index contributed by atoms with van der Waals surface area (Å²) in [7, 11) is 0. The first kappa shape index (κ1) is 13.1. The lowest BCUT2D eigenvalue weighted by Gasteiger charge is -2.06. The Hall–Kier alpha value is -1.95. The Bertz CT molecular complexity index is 814. The minimum atomic E-state index is -0.369. The molecule has 0 aromatic heterocycles. The number of nitro groups is 1. The van der Waals surface area contributed by atoms with E-state index < -0.39 is 0 Å². The van der Waals surface area contributed by atoms with Crippen molar-refractivity contribution < 1.29 is 4.92 Å². The molecule has 4 heteroatoms. The number of hydrogen-bond donors (Lipinski definition) is 0. The van der Waals surface area contributed by atoms with Gasteiger partial charge in [-0.15, -0.1) is 0 Å². The van der Waals surface area contributed by atoms with Crippen LogP contribution in [0, 0.1) is 13.7 Å². The highest BCUT2D eigenvalue weighted by atomic mass is 127. The first-order valence-electron chi connectivity index (χ1n) is 6.08. The second-order valence-corrected chi connectivity index (χ2v) is 5.65. The molecule has 0 fully saturated rings. The summed E-state index contributed by atoms with van der Waals surface area (Å²) < 4.78 is 0.882. The van der Waals surface area contributed by atoms with E-state index in [2.05, 4.69) is 46.9 Å². The van der Waals surface area contributed by atoms with Gasteiger partial charge in [-0.25, -0.2) is 0 Å². The molecule has 0 unspecified atom stereocenters. The highest BCUT2D eigenvalue weighted by Crippen LogP contribution is 2.30. The van der Waals surface area contributed by atoms with Crippen LogP contribution in [0.5, 0.6) is 0 Å². The van der Waals surface area contributed by atoms with Crippen molar-refractivity contribution in [2.24, 2.45) is 0 Å². The van der Waals surface area contributed by atoms with Crippen LogP contribution >= 0.6 is 22.6 Å². The van der Waals surface area contributed by atoms with E-state index in [1.54, 1.807) is 12.1 Å². The Kier molecular flexibility index (Phi) is 3.40. The van der Waals surface area contributed by atoms with Gasteiger partial charge in [0, 0.05) is 15.7 Å². The molecule has 0 amide bonds. The zero-order chi connectivity index (χ0) is 14.1. The monoisotopic (exact) mass is 375 g/mol. The van der Waals surface area contributed by atoms with Crippen LogP contribution < -0.4 is 0 Å². The number of rotatable bonds is 2. The Morgan fingerprint density at radius 1 is 0.900 bits per heavy atom. The summed E-state index contributed by atoms with van der Waals surface area (Å²) in [5, 5.41) is 13.1. The lowest BCUT2D eigenvalue weighted by Crippen LogP contribution is -1.90. The van der Waals surface area contributed by atoms with Crippen LogP contribution in [0.4, 0.5) is 5.69 Å². The minimum absolute atomic E-state index is 0.124. The number of nitrogens with zero attached hydrogens (tertiary/aromatic N) is 1. The van der Waals surface area contributed by atoms with E-state index in [-0.39, 0.29) is 10.6 Å². The third-order valence-electron chi connectivity index (χ3n) is 3.22. The van der Waals surface area contributed by atoms with Crippen LogP contribution in [0.25, 0.3) is 21.9 Å². The fourth-order valence-corrected chi connectivity index (χ4v) is 3.02. The summed E-state index contributed by atoms with van der Waals surface area (Å²) in [5.74, 6) is 0. The number of hydrogen-bond acceptors (Lipinski definition) is 2. The molecule has 3 aromatic carbocycles. The molecule has 0 aliphatic carbocycles. The minimum Gasteiger partial charge on any atom is -0.258 e. The summed E-state index contributed by atoms with van der Waals surface area (Å²) in [6.45, 7) is 0. The molecule has 0 heterocycles. The second kappa shape index (κ2) is 5.20. The van der Waals surface area contributed by atoms with Crippen LogP contribution in [-0.4, -0.2) is 4.92 Å². The van der Waals surface area contributed by atoms with E-state index in [0.717, 1.165) is 14.7 Å². The van der Waals surface area contributed by atoms with Crippen molar-refractivity contribution in [1.82, 2.24) is 0 Å². The molecule has 0 radical (unpaired) electrons. The smallest absolute Gasteiger partial charge is 0.258 e. The summed E-state index contributed by atoms with van der Waals surface area (Å²) in [6, 6.07) is 19.3. The Morgan fingerprint density at radius 2 is 1.65 bits per heavy atom. The molecule has 0 atom stereocenters. The molecule has 3 nitrogen and oxygen atoms in total. The predicted octanol–water partition coefficient (Wildman–Crippen LogP) is 5.02. The van der Waals surface area contributed by atoms with Crippen molar-refractivity contribution in [3.63, 3.8) is 0 Å². The molecule has 20 heavy (non-hydrogen) atoms. The van der Waals surface area contributed by atoms with Gasteiger partial charge in [0.15, 0.2) is 0 Å². The molecule has 3 aromatic rings. The molecular formula is C16H10INO2. The standard InChI is InChI=1S/C16H10INO2/c17-16-10-14(18(19)20)7-8-15(16)13-6-5-11-3-1-2-4-12(11)9-13/h1-10H. The fourth-order valence-electron chi connectivity index (χ4n) is 2.21. The van der Waals surface area contributed by atoms with Gasteiger partial charge in [-0.1, -0.05) is 36.4 Å². The van der Waals surface area contributed by atoms with Crippen LogP contribution in [0.1, 0.15) is 0 Å². The molecule has 0 spiro atoms. The van der Waals surface area contributed by atoms with E-state index >= 15 is 0 Å². The second-order valence-electron chi connectivity index (χ2n) is 4.48. The van der Waals surface area contributed by atoms with E-state index in [4.69, 9.17) is 0 Å². The number of non-ortho nitro benzene ring substituents is 1. The van der Waals surface area contributed by atoms with Crippen molar-refractivity contribution in [3.05, 3.63) is 74.3 Å². The molecular weight excluding hydrogens is 365 g/mol. The number of nitro benzene ring substituents is 1. The summed E-state index contributed by atoms with van der Waals surface area (Å²) >= 11 is 2.14. The van der Waals surface area contributed by atoms with Gasteiger partial charge in [0.25, 0.3) is 5.69 Å². The van der Waals surface area contributed by atoms with Crippen LogP contribution in [0.3, 0.4) is 0 Å². The molecule has 0 saturated carbocycles. The van der Waals surface area contributed by atoms with E-state index in [9.17, 15) is 10.1 Å². The molecule has 0 N–H and O–H groups in total. The maximum atomic E-state index is 10.8. The largest absolute Gasteiger partial charge is 0.270 e. The zero-order valence-electron chi connectivity index (χ0n) is 10.4. The van der Waals surface area contributed by atoms with Crippen molar-refractivity contribution in [1.29, 1.82) is 0 Å². The number of fused-ring (bicyclic) bond motifs is 1.